The van der Waals surface area contributed by atoms with Crippen LogP contribution in [0.4, 0.5) is 5.95 Å². The van der Waals surface area contributed by atoms with Gasteiger partial charge in [-0.3, -0.25) is 14.8 Å². The van der Waals surface area contributed by atoms with Gasteiger partial charge in [-0.2, -0.15) is 0 Å². The molecule has 2 aromatic rings. The Kier molecular flexibility index (Phi) is 5.21. The maximum Gasteiger partial charge on any atom is 0.257 e. The van der Waals surface area contributed by atoms with Crippen LogP contribution in [0.2, 0.25) is 0 Å². The summed E-state index contributed by atoms with van der Waals surface area (Å²) in [5, 5.41) is 3.19. The minimum absolute atomic E-state index is 0.0281. The molecule has 0 saturated carbocycles. The van der Waals surface area contributed by atoms with Crippen molar-refractivity contribution in [1.29, 1.82) is 0 Å². The van der Waals surface area contributed by atoms with Crippen LogP contribution >= 0.6 is 0 Å². The van der Waals surface area contributed by atoms with Gasteiger partial charge in [-0.15, -0.1) is 0 Å². The molecule has 1 amide bonds. The van der Waals surface area contributed by atoms with Crippen LogP contribution in [0, 0.1) is 5.41 Å². The molecule has 8 nitrogen and oxygen atoms in total. The van der Waals surface area contributed by atoms with Gasteiger partial charge in [0.25, 0.3) is 5.91 Å². The third-order valence-electron chi connectivity index (χ3n) is 5.96. The molecule has 148 valence electrons. The van der Waals surface area contributed by atoms with E-state index in [-0.39, 0.29) is 17.4 Å². The van der Waals surface area contributed by atoms with Crippen LogP contribution in [0.1, 0.15) is 48.8 Å². The summed E-state index contributed by atoms with van der Waals surface area (Å²) in [6, 6.07) is -0.0717. The largest absolute Gasteiger partial charge is 0.346 e. The van der Waals surface area contributed by atoms with Gasteiger partial charge >= 0.3 is 0 Å². The maximum absolute atomic E-state index is 12.9. The fourth-order valence-corrected chi connectivity index (χ4v) is 4.24. The number of likely N-dealkylation sites (tertiary alicyclic amines) is 2. The fourth-order valence-electron chi connectivity index (χ4n) is 4.24. The van der Waals surface area contributed by atoms with Crippen molar-refractivity contribution < 1.29 is 4.79 Å². The van der Waals surface area contributed by atoms with Crippen LogP contribution in [0.3, 0.4) is 0 Å². The molecule has 2 fully saturated rings. The molecule has 2 saturated heterocycles. The number of nitrogens with zero attached hydrogens (tertiary/aromatic N) is 6. The standard InChI is InChI=1S/C20H27N7O/c1-3-26-8-4-20(13-26)5-9-27(14-20)18(28)16-10-23-19(24-11-16)25-15(2)17-12-21-6-7-22-17/h6-7,10-12,15H,3-5,8-9,13-14H2,1-2H3,(H,23,24,25). The number of nitrogens with one attached hydrogen (secondary N) is 1. The van der Waals surface area contributed by atoms with Gasteiger partial charge in [0.05, 0.1) is 23.5 Å². The molecular weight excluding hydrogens is 354 g/mol. The van der Waals surface area contributed by atoms with Crippen molar-refractivity contribution in [1.82, 2.24) is 29.7 Å². The van der Waals surface area contributed by atoms with Crippen molar-refractivity contribution in [2.45, 2.75) is 32.7 Å². The molecule has 1 spiro atoms. The second kappa shape index (κ2) is 7.79. The Bertz CT molecular complexity index is 813. The predicted molar refractivity (Wildman–Crippen MR) is 106 cm³/mol. The third-order valence-corrected chi connectivity index (χ3v) is 5.96. The zero-order valence-corrected chi connectivity index (χ0v) is 16.5. The molecule has 0 bridgehead atoms. The Morgan fingerprint density at radius 2 is 1.93 bits per heavy atom. The van der Waals surface area contributed by atoms with E-state index in [2.05, 4.69) is 37.1 Å². The monoisotopic (exact) mass is 381 g/mol. The first kappa shape index (κ1) is 18.7. The Hall–Kier alpha value is -2.61. The second-order valence-corrected chi connectivity index (χ2v) is 7.89. The van der Waals surface area contributed by atoms with Crippen LogP contribution in [-0.4, -0.2) is 68.4 Å². The Labute approximate surface area is 165 Å². The number of anilines is 1. The Morgan fingerprint density at radius 1 is 1.14 bits per heavy atom. The van der Waals surface area contributed by atoms with Crippen LogP contribution in [0.25, 0.3) is 0 Å². The summed E-state index contributed by atoms with van der Waals surface area (Å²) in [4.78, 5) is 34.3. The summed E-state index contributed by atoms with van der Waals surface area (Å²) in [6.07, 6.45) is 10.5. The Balaban J connectivity index is 1.37. The molecule has 2 unspecified atom stereocenters. The molecule has 8 heteroatoms. The normalized spacial score (nSPS) is 23.3. The topological polar surface area (TPSA) is 87.1 Å². The summed E-state index contributed by atoms with van der Waals surface area (Å²) in [6.45, 7) is 9.17. The number of aromatic nitrogens is 4. The molecule has 4 rings (SSSR count). The van der Waals surface area contributed by atoms with E-state index in [1.165, 1.54) is 6.42 Å². The van der Waals surface area contributed by atoms with Crippen molar-refractivity contribution in [3.05, 3.63) is 42.2 Å². The van der Waals surface area contributed by atoms with E-state index >= 15 is 0 Å². The molecule has 0 radical (unpaired) electrons. The minimum atomic E-state index is -0.0717. The molecule has 4 heterocycles. The van der Waals surface area contributed by atoms with Gasteiger partial charge in [0.1, 0.15) is 0 Å². The first-order valence-electron chi connectivity index (χ1n) is 9.95. The van der Waals surface area contributed by atoms with Crippen molar-refractivity contribution in [2.75, 3.05) is 38.0 Å². The number of carbonyl (C=O) groups excluding carboxylic acids is 1. The number of hydrogen-bond acceptors (Lipinski definition) is 7. The highest BCUT2D eigenvalue weighted by Gasteiger charge is 2.44. The van der Waals surface area contributed by atoms with E-state index in [0.29, 0.717) is 11.5 Å². The van der Waals surface area contributed by atoms with Gasteiger partial charge in [-0.05, 0) is 32.9 Å². The van der Waals surface area contributed by atoms with Crippen molar-refractivity contribution >= 4 is 11.9 Å². The molecule has 28 heavy (non-hydrogen) atoms. The van der Waals surface area contributed by atoms with Crippen molar-refractivity contribution in [3.8, 4) is 0 Å². The molecule has 2 aliphatic heterocycles. The van der Waals surface area contributed by atoms with Crippen LogP contribution in [0.5, 0.6) is 0 Å². The van der Waals surface area contributed by atoms with E-state index in [9.17, 15) is 4.79 Å². The quantitative estimate of drug-likeness (QED) is 0.847. The lowest BCUT2D eigenvalue weighted by Crippen LogP contribution is -2.34. The number of hydrogen-bond donors (Lipinski definition) is 1. The van der Waals surface area contributed by atoms with E-state index in [4.69, 9.17) is 0 Å². The predicted octanol–water partition coefficient (Wildman–Crippen LogP) is 2.00. The SMILES string of the molecule is CCN1CCC2(CCN(C(=O)c3cnc(NC(C)c4cnccn4)nc3)C2)C1. The highest BCUT2D eigenvalue weighted by Crippen LogP contribution is 2.39. The van der Waals surface area contributed by atoms with Crippen LogP contribution < -0.4 is 5.32 Å². The summed E-state index contributed by atoms with van der Waals surface area (Å²) >= 11 is 0. The molecule has 1 N–H and O–H groups in total. The summed E-state index contributed by atoms with van der Waals surface area (Å²) in [5.74, 6) is 0.502. The first-order valence-corrected chi connectivity index (χ1v) is 9.95. The van der Waals surface area contributed by atoms with E-state index in [1.54, 1.807) is 31.0 Å². The highest BCUT2D eigenvalue weighted by atomic mass is 16.2. The molecule has 0 aliphatic carbocycles. The average Bonchev–Trinajstić information content (AvgIpc) is 3.35. The number of carbonyl (C=O) groups is 1. The van der Waals surface area contributed by atoms with Crippen molar-refractivity contribution in [2.24, 2.45) is 5.41 Å². The van der Waals surface area contributed by atoms with Crippen LogP contribution in [0.15, 0.2) is 31.0 Å². The molecule has 2 aromatic heterocycles. The van der Waals surface area contributed by atoms with Crippen molar-refractivity contribution in [3.63, 3.8) is 0 Å². The first-order chi connectivity index (χ1) is 13.6. The molecule has 2 atom stereocenters. The lowest BCUT2D eigenvalue weighted by Gasteiger charge is -2.24. The molecule has 0 aromatic carbocycles. The van der Waals surface area contributed by atoms with Gasteiger partial charge in [0.2, 0.25) is 5.95 Å². The summed E-state index contributed by atoms with van der Waals surface area (Å²) in [7, 11) is 0. The number of amides is 1. The van der Waals surface area contributed by atoms with Gasteiger partial charge in [0, 0.05) is 49.8 Å². The molecular formula is C20H27N7O. The highest BCUT2D eigenvalue weighted by molar-refractivity contribution is 5.94. The summed E-state index contributed by atoms with van der Waals surface area (Å²) in [5.41, 5.74) is 1.63. The average molecular weight is 381 g/mol. The zero-order chi connectivity index (χ0) is 19.6. The minimum Gasteiger partial charge on any atom is -0.346 e. The molecule has 2 aliphatic rings. The van der Waals surface area contributed by atoms with Gasteiger partial charge in [-0.25, -0.2) is 9.97 Å². The number of rotatable bonds is 5. The lowest BCUT2D eigenvalue weighted by molar-refractivity contribution is 0.0772. The van der Waals surface area contributed by atoms with Gasteiger partial charge in [0.15, 0.2) is 0 Å². The zero-order valence-electron chi connectivity index (χ0n) is 16.5. The van der Waals surface area contributed by atoms with E-state index in [1.807, 2.05) is 11.8 Å². The third kappa shape index (κ3) is 3.82. The maximum atomic E-state index is 12.9. The van der Waals surface area contributed by atoms with Gasteiger partial charge in [-0.1, -0.05) is 6.92 Å². The van der Waals surface area contributed by atoms with Crippen LogP contribution in [-0.2, 0) is 0 Å². The summed E-state index contributed by atoms with van der Waals surface area (Å²) < 4.78 is 0. The fraction of sp³-hybridized carbons (Fsp3) is 0.550. The lowest BCUT2D eigenvalue weighted by atomic mass is 9.86. The Morgan fingerprint density at radius 3 is 2.61 bits per heavy atom. The second-order valence-electron chi connectivity index (χ2n) is 7.89. The van der Waals surface area contributed by atoms with Gasteiger partial charge < -0.3 is 15.1 Å². The smallest absolute Gasteiger partial charge is 0.257 e. The van der Waals surface area contributed by atoms with E-state index < -0.39 is 0 Å². The van der Waals surface area contributed by atoms with E-state index in [0.717, 1.165) is 44.8 Å².